The van der Waals surface area contributed by atoms with Gasteiger partial charge in [0.1, 0.15) is 23.5 Å². The van der Waals surface area contributed by atoms with E-state index in [1.807, 2.05) is 0 Å². The van der Waals surface area contributed by atoms with Crippen LogP contribution in [0.4, 0.5) is 0 Å². The minimum absolute atomic E-state index is 0.0400. The zero-order chi connectivity index (χ0) is 23.1. The molecule has 0 unspecified atom stereocenters. The van der Waals surface area contributed by atoms with Crippen molar-refractivity contribution in [1.29, 1.82) is 0 Å². The molecule has 0 radical (unpaired) electrons. The van der Waals surface area contributed by atoms with Gasteiger partial charge in [0.2, 0.25) is 5.91 Å². The highest BCUT2D eigenvalue weighted by atomic mass is 16.5. The molecule has 9 heteroatoms. The number of carbonyl (C=O) groups is 2. The smallest absolute Gasteiger partial charge is 0.328 e. The number of guanidine groups is 1. The normalized spacial score (nSPS) is 16.9. The fourth-order valence-electron chi connectivity index (χ4n) is 3.53. The van der Waals surface area contributed by atoms with E-state index in [0.717, 1.165) is 18.1 Å². The minimum atomic E-state index is -1.06. The average molecular weight is 438 g/mol. The summed E-state index contributed by atoms with van der Waals surface area (Å²) >= 11 is 0. The van der Waals surface area contributed by atoms with Crippen LogP contribution in [0.1, 0.15) is 41.6 Å². The molecule has 0 aromatic heterocycles. The van der Waals surface area contributed by atoms with Crippen LogP contribution in [0.25, 0.3) is 6.08 Å². The number of carboxylic acid groups (broad SMARTS) is 1. The van der Waals surface area contributed by atoms with Crippen LogP contribution >= 0.6 is 0 Å². The summed E-state index contributed by atoms with van der Waals surface area (Å²) in [5.41, 5.74) is 12.7. The number of phenols is 1. The first-order valence-electron chi connectivity index (χ1n) is 10.2. The van der Waals surface area contributed by atoms with Crippen molar-refractivity contribution in [2.45, 2.75) is 24.9 Å². The van der Waals surface area contributed by atoms with E-state index in [2.05, 4.69) is 10.3 Å². The van der Waals surface area contributed by atoms with Crippen molar-refractivity contribution in [2.24, 2.45) is 16.5 Å². The summed E-state index contributed by atoms with van der Waals surface area (Å²) in [6.45, 7) is 0.939. The Morgan fingerprint density at radius 1 is 1.12 bits per heavy atom. The van der Waals surface area contributed by atoms with Gasteiger partial charge < -0.3 is 31.7 Å². The second-order valence-corrected chi connectivity index (χ2v) is 7.38. The maximum absolute atomic E-state index is 13.2. The Labute approximate surface area is 185 Å². The molecule has 9 nitrogen and oxygen atoms in total. The van der Waals surface area contributed by atoms with E-state index < -0.39 is 18.0 Å². The average Bonchev–Trinajstić information content (AvgIpc) is 3.13. The standard InChI is InChI=1S/C23H26N4O5/c24-23(25)27-12-2-1-11-26-22(31)20-17-13-14(4-10-19(29)30)3-9-18(17)32-21(20)15-5-7-16(28)8-6-15/h3-10,13,20-21,28H,1-2,11-12H2,(H,26,31)(H,29,30)(H4,24,25,27)/b10-4+/t20-,21+/m0/s1. The number of unbranched alkanes of at least 4 members (excludes halogenated alkanes) is 1. The van der Waals surface area contributed by atoms with Gasteiger partial charge >= 0.3 is 5.97 Å². The van der Waals surface area contributed by atoms with Gasteiger partial charge in [-0.15, -0.1) is 0 Å². The van der Waals surface area contributed by atoms with Crippen LogP contribution in [0.2, 0.25) is 0 Å². The van der Waals surface area contributed by atoms with Gasteiger partial charge in [-0.1, -0.05) is 18.2 Å². The van der Waals surface area contributed by atoms with Gasteiger partial charge in [-0.2, -0.15) is 0 Å². The fraction of sp³-hybridized carbons (Fsp3) is 0.261. The highest BCUT2D eigenvalue weighted by Gasteiger charge is 2.40. The first-order valence-corrected chi connectivity index (χ1v) is 10.2. The number of benzene rings is 2. The Morgan fingerprint density at radius 2 is 1.88 bits per heavy atom. The summed E-state index contributed by atoms with van der Waals surface area (Å²) in [5, 5.41) is 21.4. The number of nitrogens with zero attached hydrogens (tertiary/aromatic N) is 1. The Kier molecular flexibility index (Phi) is 7.33. The Bertz CT molecular complexity index is 1030. The van der Waals surface area contributed by atoms with Crippen LogP contribution in [-0.4, -0.2) is 41.1 Å². The molecule has 0 saturated heterocycles. The SMILES string of the molecule is NC(N)=NCCCCNC(=O)[C@H]1c2cc(/C=C/C(=O)O)ccc2O[C@@H]1c1ccc(O)cc1. The van der Waals surface area contributed by atoms with E-state index in [4.69, 9.17) is 21.3 Å². The lowest BCUT2D eigenvalue weighted by Crippen LogP contribution is -2.32. The summed E-state index contributed by atoms with van der Waals surface area (Å²) in [4.78, 5) is 27.9. The molecule has 2 aromatic rings. The number of nitrogens with one attached hydrogen (secondary N) is 1. The van der Waals surface area contributed by atoms with Gasteiger partial charge in [0.15, 0.2) is 5.96 Å². The minimum Gasteiger partial charge on any atom is -0.508 e. The molecule has 1 amide bonds. The van der Waals surface area contributed by atoms with E-state index >= 15 is 0 Å². The highest BCUT2D eigenvalue weighted by molar-refractivity contribution is 5.88. The quantitative estimate of drug-likeness (QED) is 0.173. The van der Waals surface area contributed by atoms with E-state index in [1.54, 1.807) is 42.5 Å². The zero-order valence-electron chi connectivity index (χ0n) is 17.4. The second-order valence-electron chi connectivity index (χ2n) is 7.38. The van der Waals surface area contributed by atoms with Gasteiger partial charge in [0.25, 0.3) is 0 Å². The Hall–Kier alpha value is -4.01. The van der Waals surface area contributed by atoms with Crippen molar-refractivity contribution < 1.29 is 24.5 Å². The predicted molar refractivity (Wildman–Crippen MR) is 120 cm³/mol. The molecule has 2 aromatic carbocycles. The van der Waals surface area contributed by atoms with Crippen LogP contribution in [0.15, 0.2) is 53.5 Å². The molecule has 2 atom stereocenters. The molecule has 168 valence electrons. The summed E-state index contributed by atoms with van der Waals surface area (Å²) in [7, 11) is 0. The van der Waals surface area contributed by atoms with Crippen LogP contribution in [0.3, 0.4) is 0 Å². The first-order chi connectivity index (χ1) is 15.3. The van der Waals surface area contributed by atoms with Gasteiger partial charge in [-0.05, 0) is 54.3 Å². The summed E-state index contributed by atoms with van der Waals surface area (Å²) in [6.07, 6.45) is 3.36. The van der Waals surface area contributed by atoms with Crippen molar-refractivity contribution in [3.8, 4) is 11.5 Å². The molecule has 0 fully saturated rings. The van der Waals surface area contributed by atoms with Crippen molar-refractivity contribution in [3.05, 3.63) is 65.2 Å². The lowest BCUT2D eigenvalue weighted by Gasteiger charge is -2.19. The molecule has 1 aliphatic rings. The summed E-state index contributed by atoms with van der Waals surface area (Å²) in [5.74, 6) is -1.18. The molecule has 7 N–H and O–H groups in total. The Morgan fingerprint density at radius 3 is 2.56 bits per heavy atom. The number of nitrogens with two attached hydrogens (primary N) is 2. The first kappa shape index (κ1) is 22.7. The number of aliphatic imine (C=N–C) groups is 1. The lowest BCUT2D eigenvalue weighted by atomic mass is 9.89. The zero-order valence-corrected chi connectivity index (χ0v) is 17.4. The summed E-state index contributed by atoms with van der Waals surface area (Å²) in [6, 6.07) is 11.7. The molecular weight excluding hydrogens is 412 g/mol. The number of hydrogen-bond donors (Lipinski definition) is 5. The molecule has 0 aliphatic carbocycles. The molecule has 1 heterocycles. The molecule has 0 saturated carbocycles. The molecule has 3 rings (SSSR count). The van der Waals surface area contributed by atoms with Crippen LogP contribution in [0.5, 0.6) is 11.5 Å². The van der Waals surface area contributed by atoms with E-state index in [-0.39, 0.29) is 17.6 Å². The number of aromatic hydroxyl groups is 1. The van der Waals surface area contributed by atoms with E-state index in [1.165, 1.54) is 6.08 Å². The number of fused-ring (bicyclic) bond motifs is 1. The number of rotatable bonds is 9. The third-order valence-corrected chi connectivity index (χ3v) is 5.03. The van der Waals surface area contributed by atoms with Crippen molar-refractivity contribution in [2.75, 3.05) is 13.1 Å². The maximum Gasteiger partial charge on any atom is 0.328 e. The number of phenolic OH excluding ortho intramolecular Hbond substituents is 1. The Balaban J connectivity index is 1.80. The molecular formula is C23H26N4O5. The van der Waals surface area contributed by atoms with Crippen LogP contribution in [-0.2, 0) is 9.59 Å². The third kappa shape index (κ3) is 5.78. The molecule has 1 aliphatic heterocycles. The number of amides is 1. The third-order valence-electron chi connectivity index (χ3n) is 5.03. The molecule has 0 bridgehead atoms. The molecule has 0 spiro atoms. The number of aliphatic carboxylic acids is 1. The number of carbonyl (C=O) groups excluding carboxylic acids is 1. The monoisotopic (exact) mass is 438 g/mol. The van der Waals surface area contributed by atoms with E-state index in [9.17, 15) is 14.7 Å². The lowest BCUT2D eigenvalue weighted by molar-refractivity contribution is -0.131. The van der Waals surface area contributed by atoms with Crippen molar-refractivity contribution in [1.82, 2.24) is 5.32 Å². The largest absolute Gasteiger partial charge is 0.508 e. The van der Waals surface area contributed by atoms with Crippen molar-refractivity contribution in [3.63, 3.8) is 0 Å². The maximum atomic E-state index is 13.2. The summed E-state index contributed by atoms with van der Waals surface area (Å²) < 4.78 is 6.09. The van der Waals surface area contributed by atoms with Crippen LogP contribution in [0, 0.1) is 0 Å². The molecule has 32 heavy (non-hydrogen) atoms. The van der Waals surface area contributed by atoms with Gasteiger partial charge in [-0.3, -0.25) is 9.79 Å². The highest BCUT2D eigenvalue weighted by Crippen LogP contribution is 2.46. The number of carboxylic acids is 1. The number of hydrogen-bond acceptors (Lipinski definition) is 5. The van der Waals surface area contributed by atoms with Gasteiger partial charge in [-0.25, -0.2) is 4.79 Å². The van der Waals surface area contributed by atoms with Crippen LogP contribution < -0.4 is 21.5 Å². The predicted octanol–water partition coefficient (Wildman–Crippen LogP) is 1.88. The fourth-order valence-corrected chi connectivity index (χ4v) is 3.53. The van der Waals surface area contributed by atoms with Gasteiger partial charge in [0, 0.05) is 24.7 Å². The second kappa shape index (κ2) is 10.3. The van der Waals surface area contributed by atoms with Crippen molar-refractivity contribution >= 4 is 23.9 Å². The topological polar surface area (TPSA) is 160 Å². The van der Waals surface area contributed by atoms with Gasteiger partial charge in [0.05, 0.1) is 0 Å². The van der Waals surface area contributed by atoms with E-state index in [0.29, 0.717) is 36.4 Å². The number of ether oxygens (including phenoxy) is 1.